The molecule has 1 N–H and O–H groups in total. The van der Waals surface area contributed by atoms with E-state index in [0.29, 0.717) is 24.2 Å². The van der Waals surface area contributed by atoms with Crippen LogP contribution in [0.2, 0.25) is 0 Å². The molecule has 0 aromatic rings. The Labute approximate surface area is 128 Å². The highest BCUT2D eigenvalue weighted by molar-refractivity contribution is 4.98. The van der Waals surface area contributed by atoms with Gasteiger partial charge < -0.3 is 19.5 Å². The van der Waals surface area contributed by atoms with E-state index in [-0.39, 0.29) is 5.79 Å². The van der Waals surface area contributed by atoms with Gasteiger partial charge >= 0.3 is 0 Å². The first-order valence-corrected chi connectivity index (χ1v) is 8.50. The molecule has 4 atom stereocenters. The van der Waals surface area contributed by atoms with Crippen LogP contribution < -0.4 is 5.32 Å². The molecule has 1 spiro atoms. The Morgan fingerprint density at radius 3 is 2.52 bits per heavy atom. The van der Waals surface area contributed by atoms with Crippen molar-refractivity contribution in [2.24, 2.45) is 0 Å². The van der Waals surface area contributed by atoms with Crippen LogP contribution in [0, 0.1) is 0 Å². The van der Waals surface area contributed by atoms with Crippen LogP contribution in [0.4, 0.5) is 0 Å². The molecule has 3 aliphatic rings. The Morgan fingerprint density at radius 1 is 1.14 bits per heavy atom. The molecule has 2 aliphatic heterocycles. The molecule has 1 aliphatic carbocycles. The first-order chi connectivity index (χ1) is 10.2. The third-order valence-electron chi connectivity index (χ3n) is 5.48. The van der Waals surface area contributed by atoms with Crippen LogP contribution in [0.15, 0.2) is 0 Å². The number of hydrogen-bond acceptors (Lipinski definition) is 5. The summed E-state index contributed by atoms with van der Waals surface area (Å²) in [6.07, 6.45) is 4.53. The summed E-state index contributed by atoms with van der Waals surface area (Å²) in [5, 5.41) is 3.67. The topological polar surface area (TPSA) is 43.0 Å². The first-order valence-electron chi connectivity index (χ1n) is 8.50. The Balaban J connectivity index is 1.73. The van der Waals surface area contributed by atoms with Crippen molar-refractivity contribution >= 4 is 0 Å². The minimum Gasteiger partial charge on any atom is -0.377 e. The fourth-order valence-electron chi connectivity index (χ4n) is 4.32. The molecule has 5 nitrogen and oxygen atoms in total. The standard InChI is InChI=1S/C16H30N2O3/c1-4-17-13-5-7-16(20-9-10-21-16)11-15(13)18(3)14-6-8-19-12(14)2/h12-15,17H,4-11H2,1-3H3. The van der Waals surface area contributed by atoms with E-state index in [9.17, 15) is 0 Å². The molecule has 0 amide bonds. The minimum absolute atomic E-state index is 0.320. The number of rotatable bonds is 4. The summed E-state index contributed by atoms with van der Waals surface area (Å²) < 4.78 is 17.7. The second-order valence-electron chi connectivity index (χ2n) is 6.68. The molecule has 3 fully saturated rings. The highest BCUT2D eigenvalue weighted by Crippen LogP contribution is 2.39. The predicted molar refractivity (Wildman–Crippen MR) is 81.3 cm³/mol. The van der Waals surface area contributed by atoms with E-state index in [4.69, 9.17) is 14.2 Å². The predicted octanol–water partition coefficient (Wildman–Crippen LogP) is 1.37. The van der Waals surface area contributed by atoms with E-state index in [0.717, 1.165) is 52.0 Å². The summed E-state index contributed by atoms with van der Waals surface area (Å²) in [5.74, 6) is -0.326. The fourth-order valence-corrected chi connectivity index (χ4v) is 4.32. The lowest BCUT2D eigenvalue weighted by molar-refractivity contribution is -0.194. The number of likely N-dealkylation sites (N-methyl/N-ethyl adjacent to an activating group) is 2. The lowest BCUT2D eigenvalue weighted by atomic mass is 9.83. The number of nitrogens with one attached hydrogen (secondary N) is 1. The molecule has 0 radical (unpaired) electrons. The van der Waals surface area contributed by atoms with Crippen molar-refractivity contribution in [1.29, 1.82) is 0 Å². The van der Waals surface area contributed by atoms with Gasteiger partial charge in [-0.25, -0.2) is 0 Å². The lowest BCUT2D eigenvalue weighted by Gasteiger charge is -2.47. The summed E-state index contributed by atoms with van der Waals surface area (Å²) in [6.45, 7) is 7.76. The lowest BCUT2D eigenvalue weighted by Crippen LogP contribution is -2.59. The van der Waals surface area contributed by atoms with Crippen LogP contribution in [0.25, 0.3) is 0 Å². The monoisotopic (exact) mass is 298 g/mol. The summed E-state index contributed by atoms with van der Waals surface area (Å²) in [7, 11) is 2.25. The minimum atomic E-state index is -0.326. The highest BCUT2D eigenvalue weighted by Gasteiger charge is 2.47. The van der Waals surface area contributed by atoms with E-state index in [1.165, 1.54) is 0 Å². The number of nitrogens with zero attached hydrogens (tertiary/aromatic N) is 1. The SMILES string of the molecule is CCNC1CCC2(CC1N(C)C1CCOC1C)OCCO2. The van der Waals surface area contributed by atoms with Crippen molar-refractivity contribution in [2.75, 3.05) is 33.4 Å². The zero-order valence-corrected chi connectivity index (χ0v) is 13.6. The fraction of sp³-hybridized carbons (Fsp3) is 1.00. The van der Waals surface area contributed by atoms with Crippen molar-refractivity contribution in [3.8, 4) is 0 Å². The van der Waals surface area contributed by atoms with Gasteiger partial charge in [-0.05, 0) is 33.4 Å². The smallest absolute Gasteiger partial charge is 0.170 e. The van der Waals surface area contributed by atoms with Crippen LogP contribution >= 0.6 is 0 Å². The summed E-state index contributed by atoms with van der Waals surface area (Å²) in [6, 6.07) is 1.48. The van der Waals surface area contributed by atoms with Crippen molar-refractivity contribution in [3.05, 3.63) is 0 Å². The Kier molecular flexibility index (Phi) is 4.86. The van der Waals surface area contributed by atoms with Gasteiger partial charge in [0.05, 0.1) is 19.3 Å². The van der Waals surface area contributed by atoms with Crippen LogP contribution in [0.5, 0.6) is 0 Å². The zero-order valence-electron chi connectivity index (χ0n) is 13.6. The van der Waals surface area contributed by atoms with Gasteiger partial charge in [0.25, 0.3) is 0 Å². The van der Waals surface area contributed by atoms with E-state index >= 15 is 0 Å². The second kappa shape index (κ2) is 6.50. The van der Waals surface area contributed by atoms with Crippen molar-refractivity contribution in [1.82, 2.24) is 10.2 Å². The molecule has 21 heavy (non-hydrogen) atoms. The quantitative estimate of drug-likeness (QED) is 0.849. The third-order valence-corrected chi connectivity index (χ3v) is 5.48. The molecule has 2 heterocycles. The average Bonchev–Trinajstić information content (AvgIpc) is 3.10. The molecular formula is C16H30N2O3. The van der Waals surface area contributed by atoms with Gasteiger partial charge in [0.1, 0.15) is 0 Å². The van der Waals surface area contributed by atoms with Crippen LogP contribution in [-0.2, 0) is 14.2 Å². The van der Waals surface area contributed by atoms with Gasteiger partial charge in [0.2, 0.25) is 0 Å². The average molecular weight is 298 g/mol. The molecule has 0 aromatic carbocycles. The zero-order chi connectivity index (χ0) is 14.9. The maximum absolute atomic E-state index is 5.97. The van der Waals surface area contributed by atoms with Crippen LogP contribution in [-0.4, -0.2) is 68.3 Å². The Bertz CT molecular complexity index is 346. The molecule has 4 unspecified atom stereocenters. The molecule has 2 saturated heterocycles. The van der Waals surface area contributed by atoms with Crippen molar-refractivity contribution in [2.45, 2.75) is 69.5 Å². The van der Waals surface area contributed by atoms with Gasteiger partial charge in [0.15, 0.2) is 5.79 Å². The molecule has 1 saturated carbocycles. The molecule has 122 valence electrons. The Hall–Kier alpha value is -0.200. The summed E-state index contributed by atoms with van der Waals surface area (Å²) in [4.78, 5) is 2.52. The molecule has 0 aromatic heterocycles. The van der Waals surface area contributed by atoms with Gasteiger partial charge in [-0.3, -0.25) is 4.90 Å². The van der Waals surface area contributed by atoms with E-state index in [2.05, 4.69) is 31.1 Å². The third kappa shape index (κ3) is 3.13. The summed E-state index contributed by atoms with van der Waals surface area (Å²) in [5.41, 5.74) is 0. The van der Waals surface area contributed by atoms with Gasteiger partial charge in [0, 0.05) is 37.6 Å². The number of hydrogen-bond donors (Lipinski definition) is 1. The maximum Gasteiger partial charge on any atom is 0.170 e. The second-order valence-corrected chi connectivity index (χ2v) is 6.68. The Morgan fingerprint density at radius 2 is 1.90 bits per heavy atom. The van der Waals surface area contributed by atoms with Crippen molar-refractivity contribution < 1.29 is 14.2 Å². The van der Waals surface area contributed by atoms with E-state index < -0.39 is 0 Å². The normalized spacial score (nSPS) is 39.4. The molecule has 3 rings (SSSR count). The van der Waals surface area contributed by atoms with E-state index in [1.807, 2.05) is 0 Å². The number of ether oxygens (including phenoxy) is 3. The molecule has 5 heteroatoms. The van der Waals surface area contributed by atoms with E-state index in [1.54, 1.807) is 0 Å². The van der Waals surface area contributed by atoms with Gasteiger partial charge in [-0.15, -0.1) is 0 Å². The maximum atomic E-state index is 5.97. The highest BCUT2D eigenvalue weighted by atomic mass is 16.7. The van der Waals surface area contributed by atoms with Crippen molar-refractivity contribution in [3.63, 3.8) is 0 Å². The van der Waals surface area contributed by atoms with Gasteiger partial charge in [-0.1, -0.05) is 6.92 Å². The molecular weight excluding hydrogens is 268 g/mol. The van der Waals surface area contributed by atoms with Crippen LogP contribution in [0.1, 0.15) is 39.5 Å². The summed E-state index contributed by atoms with van der Waals surface area (Å²) >= 11 is 0. The first kappa shape index (κ1) is 15.7. The molecule has 0 bridgehead atoms. The largest absolute Gasteiger partial charge is 0.377 e. The van der Waals surface area contributed by atoms with Gasteiger partial charge in [-0.2, -0.15) is 0 Å². The van der Waals surface area contributed by atoms with Crippen LogP contribution in [0.3, 0.4) is 0 Å².